The van der Waals surface area contributed by atoms with Crippen molar-refractivity contribution in [1.82, 2.24) is 24.6 Å². The SMILES string of the molecule is c1cn2nccc2c(NCc2cnc[nH]2)n1. The topological polar surface area (TPSA) is 70.9 Å². The van der Waals surface area contributed by atoms with E-state index in [2.05, 4.69) is 25.4 Å². The molecule has 0 unspecified atom stereocenters. The minimum absolute atomic E-state index is 0.665. The van der Waals surface area contributed by atoms with Gasteiger partial charge in [0.1, 0.15) is 5.52 Å². The highest BCUT2D eigenvalue weighted by Crippen LogP contribution is 2.12. The van der Waals surface area contributed by atoms with Crippen LogP contribution in [0.3, 0.4) is 0 Å². The van der Waals surface area contributed by atoms with Crippen LogP contribution in [0.2, 0.25) is 0 Å². The van der Waals surface area contributed by atoms with Crippen molar-refractivity contribution in [2.45, 2.75) is 6.54 Å². The first-order chi connectivity index (χ1) is 7.93. The second-order valence-corrected chi connectivity index (χ2v) is 3.37. The molecular weight excluding hydrogens is 204 g/mol. The summed E-state index contributed by atoms with van der Waals surface area (Å²) in [6, 6.07) is 1.92. The maximum absolute atomic E-state index is 4.27. The van der Waals surface area contributed by atoms with Gasteiger partial charge in [0.05, 0.1) is 24.8 Å². The number of nitrogens with zero attached hydrogens (tertiary/aromatic N) is 4. The Balaban J connectivity index is 1.86. The van der Waals surface area contributed by atoms with Crippen LogP contribution in [0.1, 0.15) is 5.69 Å². The second kappa shape index (κ2) is 3.65. The third-order valence-corrected chi connectivity index (χ3v) is 2.33. The van der Waals surface area contributed by atoms with Gasteiger partial charge in [0, 0.05) is 18.6 Å². The largest absolute Gasteiger partial charge is 0.363 e. The molecule has 3 rings (SSSR count). The monoisotopic (exact) mass is 214 g/mol. The van der Waals surface area contributed by atoms with Gasteiger partial charge in [-0.25, -0.2) is 14.5 Å². The van der Waals surface area contributed by atoms with E-state index in [1.165, 1.54) is 0 Å². The van der Waals surface area contributed by atoms with Gasteiger partial charge in [-0.2, -0.15) is 5.10 Å². The van der Waals surface area contributed by atoms with Gasteiger partial charge in [-0.3, -0.25) is 0 Å². The van der Waals surface area contributed by atoms with E-state index in [0.29, 0.717) is 6.54 Å². The lowest BCUT2D eigenvalue weighted by atomic mass is 10.4. The fourth-order valence-electron chi connectivity index (χ4n) is 1.55. The fourth-order valence-corrected chi connectivity index (χ4v) is 1.55. The Labute approximate surface area is 91.4 Å². The summed E-state index contributed by atoms with van der Waals surface area (Å²) in [6.07, 6.45) is 8.72. The second-order valence-electron chi connectivity index (χ2n) is 3.37. The molecule has 0 fully saturated rings. The first-order valence-corrected chi connectivity index (χ1v) is 4.93. The molecule has 0 amide bonds. The number of hydrogen-bond acceptors (Lipinski definition) is 4. The standard InChI is InChI=1S/C10H10N6/c1-2-15-16-4-3-12-10(9(1)16)13-6-8-5-11-7-14-8/h1-5,7H,6H2,(H,11,14)(H,12,13). The van der Waals surface area contributed by atoms with Crippen molar-refractivity contribution in [1.29, 1.82) is 0 Å². The molecule has 6 nitrogen and oxygen atoms in total. The van der Waals surface area contributed by atoms with Crippen molar-refractivity contribution >= 4 is 11.3 Å². The molecule has 2 N–H and O–H groups in total. The molecule has 0 saturated carbocycles. The van der Waals surface area contributed by atoms with Crippen LogP contribution in [0.5, 0.6) is 0 Å². The van der Waals surface area contributed by atoms with Crippen molar-refractivity contribution in [3.05, 3.63) is 42.9 Å². The predicted octanol–water partition coefficient (Wildman–Crippen LogP) is 1.06. The van der Waals surface area contributed by atoms with E-state index in [-0.39, 0.29) is 0 Å². The minimum atomic E-state index is 0.665. The minimum Gasteiger partial charge on any atom is -0.363 e. The van der Waals surface area contributed by atoms with Crippen LogP contribution in [0, 0.1) is 0 Å². The molecule has 3 heterocycles. The molecule has 0 aliphatic carbocycles. The molecule has 0 aliphatic heterocycles. The molecule has 0 aromatic carbocycles. The van der Waals surface area contributed by atoms with E-state index in [4.69, 9.17) is 0 Å². The molecule has 80 valence electrons. The Kier molecular flexibility index (Phi) is 2.03. The van der Waals surface area contributed by atoms with Gasteiger partial charge in [0.25, 0.3) is 0 Å². The maximum Gasteiger partial charge on any atom is 0.152 e. The Bertz CT molecular complexity index is 582. The normalized spacial score (nSPS) is 10.8. The van der Waals surface area contributed by atoms with Gasteiger partial charge in [-0.1, -0.05) is 0 Å². The van der Waals surface area contributed by atoms with Crippen LogP contribution in [-0.4, -0.2) is 24.6 Å². The van der Waals surface area contributed by atoms with Gasteiger partial charge in [0.2, 0.25) is 0 Å². The molecule has 6 heteroatoms. The molecule has 3 aromatic rings. The summed E-state index contributed by atoms with van der Waals surface area (Å²) < 4.78 is 1.78. The average Bonchev–Trinajstić information content (AvgIpc) is 2.97. The van der Waals surface area contributed by atoms with Crippen molar-refractivity contribution in [2.24, 2.45) is 0 Å². The third-order valence-electron chi connectivity index (χ3n) is 2.33. The maximum atomic E-state index is 4.27. The summed E-state index contributed by atoms with van der Waals surface area (Å²) in [4.78, 5) is 11.3. The van der Waals surface area contributed by atoms with Crippen molar-refractivity contribution in [2.75, 3.05) is 5.32 Å². The number of imidazole rings is 1. The number of anilines is 1. The number of aromatic amines is 1. The first-order valence-electron chi connectivity index (χ1n) is 4.93. The smallest absolute Gasteiger partial charge is 0.152 e. The summed E-state index contributed by atoms with van der Waals surface area (Å²) in [6.45, 7) is 0.665. The molecule has 0 spiro atoms. The van der Waals surface area contributed by atoms with Crippen LogP contribution < -0.4 is 5.32 Å². The number of fused-ring (bicyclic) bond motifs is 1. The quantitative estimate of drug-likeness (QED) is 0.684. The van der Waals surface area contributed by atoms with E-state index in [1.54, 1.807) is 29.4 Å². The average molecular weight is 214 g/mol. The molecule has 0 bridgehead atoms. The van der Waals surface area contributed by atoms with Crippen molar-refractivity contribution < 1.29 is 0 Å². The lowest BCUT2D eigenvalue weighted by Crippen LogP contribution is -2.03. The van der Waals surface area contributed by atoms with E-state index < -0.39 is 0 Å². The summed E-state index contributed by atoms with van der Waals surface area (Å²) in [5.74, 6) is 0.814. The summed E-state index contributed by atoms with van der Waals surface area (Å²) in [5.41, 5.74) is 1.98. The highest BCUT2D eigenvalue weighted by atomic mass is 15.2. The highest BCUT2D eigenvalue weighted by Gasteiger charge is 2.02. The molecule has 0 radical (unpaired) electrons. The Morgan fingerprint density at radius 3 is 3.25 bits per heavy atom. The van der Waals surface area contributed by atoms with E-state index in [9.17, 15) is 0 Å². The zero-order valence-electron chi connectivity index (χ0n) is 8.46. The number of rotatable bonds is 3. The summed E-state index contributed by atoms with van der Waals surface area (Å²) in [7, 11) is 0. The fraction of sp³-hybridized carbons (Fsp3) is 0.100. The molecule has 0 atom stereocenters. The zero-order chi connectivity index (χ0) is 10.8. The van der Waals surface area contributed by atoms with Gasteiger partial charge in [-0.15, -0.1) is 0 Å². The Morgan fingerprint density at radius 1 is 1.38 bits per heavy atom. The van der Waals surface area contributed by atoms with Crippen LogP contribution >= 0.6 is 0 Å². The van der Waals surface area contributed by atoms with E-state index in [0.717, 1.165) is 17.0 Å². The lowest BCUT2D eigenvalue weighted by Gasteiger charge is -2.04. The van der Waals surface area contributed by atoms with Gasteiger partial charge < -0.3 is 10.3 Å². The highest BCUT2D eigenvalue weighted by molar-refractivity contribution is 5.66. The summed E-state index contributed by atoms with van der Waals surface area (Å²) in [5, 5.41) is 7.37. The molecule has 0 aliphatic rings. The Morgan fingerprint density at radius 2 is 2.38 bits per heavy atom. The van der Waals surface area contributed by atoms with Crippen LogP contribution in [0.4, 0.5) is 5.82 Å². The number of H-pyrrole nitrogens is 1. The van der Waals surface area contributed by atoms with E-state index in [1.807, 2.05) is 12.3 Å². The Hall–Kier alpha value is -2.37. The van der Waals surface area contributed by atoms with Crippen molar-refractivity contribution in [3.8, 4) is 0 Å². The number of aromatic nitrogens is 5. The number of hydrogen-bond donors (Lipinski definition) is 2. The number of nitrogens with one attached hydrogen (secondary N) is 2. The van der Waals surface area contributed by atoms with Crippen molar-refractivity contribution in [3.63, 3.8) is 0 Å². The predicted molar refractivity (Wildman–Crippen MR) is 58.9 cm³/mol. The van der Waals surface area contributed by atoms with Crippen LogP contribution in [0.15, 0.2) is 37.2 Å². The zero-order valence-corrected chi connectivity index (χ0v) is 8.46. The molecule has 0 saturated heterocycles. The summed E-state index contributed by atoms with van der Waals surface area (Å²) >= 11 is 0. The first kappa shape index (κ1) is 8.90. The lowest BCUT2D eigenvalue weighted by molar-refractivity contribution is 0.940. The van der Waals surface area contributed by atoms with Crippen LogP contribution in [0.25, 0.3) is 5.52 Å². The molecule has 3 aromatic heterocycles. The van der Waals surface area contributed by atoms with Crippen LogP contribution in [-0.2, 0) is 6.54 Å². The van der Waals surface area contributed by atoms with Gasteiger partial charge >= 0.3 is 0 Å². The third kappa shape index (κ3) is 1.50. The molecular formula is C10H10N6. The molecule has 16 heavy (non-hydrogen) atoms. The van der Waals surface area contributed by atoms with Gasteiger partial charge in [-0.05, 0) is 6.07 Å². The van der Waals surface area contributed by atoms with E-state index >= 15 is 0 Å². The van der Waals surface area contributed by atoms with Gasteiger partial charge in [0.15, 0.2) is 5.82 Å².